The van der Waals surface area contributed by atoms with Crippen molar-refractivity contribution in [3.05, 3.63) is 64.6 Å². The summed E-state index contributed by atoms with van der Waals surface area (Å²) in [6.45, 7) is 3.23. The largest absolute Gasteiger partial charge is 0.404 e. The number of ether oxygens (including phenoxy) is 1. The molecular formula is C22H24N6O2. The van der Waals surface area contributed by atoms with Crippen LogP contribution < -0.4 is 21.5 Å². The van der Waals surface area contributed by atoms with Gasteiger partial charge in [-0.1, -0.05) is 6.07 Å². The van der Waals surface area contributed by atoms with E-state index in [4.69, 9.17) is 15.9 Å². The Bertz CT molecular complexity index is 1160. The molecule has 0 bridgehead atoms. The average Bonchev–Trinajstić information content (AvgIpc) is 2.79. The van der Waals surface area contributed by atoms with Gasteiger partial charge in [0.1, 0.15) is 0 Å². The standard InChI is InChI=1S/C22H24N6O2/c1-27-20-12-15(16(13-23)14-24)2-7-19(20)26-21(22(27)29)25-17-3-5-18(6-4-17)28-8-10-30-11-9-28/h2-7,12-14,23H,8-11,24H2,1H3,(H,25,26)/b16-14+,23-13?. The van der Waals surface area contributed by atoms with E-state index in [1.54, 1.807) is 11.6 Å². The minimum absolute atomic E-state index is 0.231. The molecule has 0 aliphatic carbocycles. The second-order valence-corrected chi connectivity index (χ2v) is 7.07. The monoisotopic (exact) mass is 404 g/mol. The van der Waals surface area contributed by atoms with Gasteiger partial charge < -0.3 is 30.7 Å². The second kappa shape index (κ2) is 8.38. The van der Waals surface area contributed by atoms with Gasteiger partial charge in [0, 0.05) is 49.5 Å². The molecule has 0 amide bonds. The third-order valence-corrected chi connectivity index (χ3v) is 5.25. The predicted octanol–water partition coefficient (Wildman–Crippen LogP) is 2.46. The van der Waals surface area contributed by atoms with E-state index in [2.05, 4.69) is 15.2 Å². The van der Waals surface area contributed by atoms with Crippen LogP contribution in [0.2, 0.25) is 0 Å². The van der Waals surface area contributed by atoms with Crippen molar-refractivity contribution in [3.63, 3.8) is 0 Å². The highest BCUT2D eigenvalue weighted by molar-refractivity contribution is 6.09. The van der Waals surface area contributed by atoms with E-state index in [0.717, 1.165) is 43.2 Å². The van der Waals surface area contributed by atoms with Crippen LogP contribution in [0.3, 0.4) is 0 Å². The van der Waals surface area contributed by atoms with Crippen molar-refractivity contribution < 1.29 is 4.74 Å². The average molecular weight is 404 g/mol. The molecule has 2 aromatic carbocycles. The van der Waals surface area contributed by atoms with Gasteiger partial charge in [0.2, 0.25) is 0 Å². The zero-order valence-electron chi connectivity index (χ0n) is 16.8. The van der Waals surface area contributed by atoms with Crippen LogP contribution in [0.15, 0.2) is 53.5 Å². The van der Waals surface area contributed by atoms with Crippen molar-refractivity contribution in [3.8, 4) is 0 Å². The van der Waals surface area contributed by atoms with Gasteiger partial charge in [-0.05, 0) is 42.0 Å². The lowest BCUT2D eigenvalue weighted by Gasteiger charge is -2.28. The van der Waals surface area contributed by atoms with Crippen LogP contribution >= 0.6 is 0 Å². The molecule has 30 heavy (non-hydrogen) atoms. The SMILES string of the molecule is Cn1c(=O)c(Nc2ccc(N3CCOCC3)cc2)nc2ccc(/C(C=N)=C/N)cc21. The van der Waals surface area contributed by atoms with E-state index in [1.165, 1.54) is 12.4 Å². The maximum Gasteiger partial charge on any atom is 0.293 e. The number of fused-ring (bicyclic) bond motifs is 1. The quantitative estimate of drug-likeness (QED) is 0.564. The molecule has 2 heterocycles. The minimum Gasteiger partial charge on any atom is -0.404 e. The van der Waals surface area contributed by atoms with Crippen LogP contribution in [0.4, 0.5) is 17.2 Å². The molecule has 1 aliphatic heterocycles. The van der Waals surface area contributed by atoms with Gasteiger partial charge in [-0.15, -0.1) is 0 Å². The summed E-state index contributed by atoms with van der Waals surface area (Å²) in [6.07, 6.45) is 2.55. The number of anilines is 3. The Morgan fingerprint density at radius 1 is 1.20 bits per heavy atom. The van der Waals surface area contributed by atoms with Crippen molar-refractivity contribution in [1.82, 2.24) is 9.55 Å². The van der Waals surface area contributed by atoms with Gasteiger partial charge in [0.15, 0.2) is 5.82 Å². The van der Waals surface area contributed by atoms with E-state index < -0.39 is 0 Å². The highest BCUT2D eigenvalue weighted by atomic mass is 16.5. The number of aromatic nitrogens is 2. The number of nitrogens with two attached hydrogens (primary N) is 1. The predicted molar refractivity (Wildman–Crippen MR) is 121 cm³/mol. The number of allylic oxidation sites excluding steroid dienone is 1. The number of nitrogens with zero attached hydrogens (tertiary/aromatic N) is 3. The number of aryl methyl sites for hydroxylation is 1. The maximum absolute atomic E-state index is 12.9. The van der Waals surface area contributed by atoms with Gasteiger partial charge in [0.25, 0.3) is 5.56 Å². The van der Waals surface area contributed by atoms with Gasteiger partial charge >= 0.3 is 0 Å². The van der Waals surface area contributed by atoms with Crippen LogP contribution in [0.1, 0.15) is 5.56 Å². The van der Waals surface area contributed by atoms with Crippen molar-refractivity contribution in [2.75, 3.05) is 36.5 Å². The second-order valence-electron chi connectivity index (χ2n) is 7.07. The lowest BCUT2D eigenvalue weighted by atomic mass is 10.1. The normalized spacial score (nSPS) is 14.7. The third kappa shape index (κ3) is 3.77. The highest BCUT2D eigenvalue weighted by Crippen LogP contribution is 2.22. The number of morpholine rings is 1. The molecule has 4 rings (SSSR count). The Morgan fingerprint density at radius 2 is 1.93 bits per heavy atom. The number of rotatable bonds is 5. The number of nitrogens with one attached hydrogen (secondary N) is 2. The fourth-order valence-corrected chi connectivity index (χ4v) is 3.53. The first-order chi connectivity index (χ1) is 14.6. The van der Waals surface area contributed by atoms with Crippen LogP contribution in [-0.2, 0) is 11.8 Å². The van der Waals surface area contributed by atoms with Crippen LogP contribution in [0.25, 0.3) is 16.6 Å². The summed E-state index contributed by atoms with van der Waals surface area (Å²) in [6, 6.07) is 13.4. The Labute approximate surface area is 174 Å². The van der Waals surface area contributed by atoms with Crippen LogP contribution in [-0.4, -0.2) is 42.1 Å². The van der Waals surface area contributed by atoms with Gasteiger partial charge in [-0.3, -0.25) is 4.79 Å². The molecule has 1 aliphatic rings. The highest BCUT2D eigenvalue weighted by Gasteiger charge is 2.13. The topological polar surface area (TPSA) is 109 Å². The Morgan fingerprint density at radius 3 is 2.60 bits per heavy atom. The van der Waals surface area contributed by atoms with Crippen molar-refractivity contribution in [1.29, 1.82) is 5.41 Å². The lowest BCUT2D eigenvalue weighted by molar-refractivity contribution is 0.122. The molecule has 0 atom stereocenters. The molecule has 8 nitrogen and oxygen atoms in total. The zero-order chi connectivity index (χ0) is 21.1. The molecule has 0 radical (unpaired) electrons. The molecular weight excluding hydrogens is 380 g/mol. The maximum atomic E-state index is 12.9. The molecule has 1 fully saturated rings. The van der Waals surface area contributed by atoms with Crippen molar-refractivity contribution >= 4 is 40.0 Å². The van der Waals surface area contributed by atoms with E-state index >= 15 is 0 Å². The molecule has 4 N–H and O–H groups in total. The van der Waals surface area contributed by atoms with E-state index in [1.807, 2.05) is 42.5 Å². The summed E-state index contributed by atoms with van der Waals surface area (Å²) in [7, 11) is 1.71. The molecule has 3 aromatic rings. The third-order valence-electron chi connectivity index (χ3n) is 5.25. The van der Waals surface area contributed by atoms with Crippen LogP contribution in [0, 0.1) is 5.41 Å². The molecule has 154 valence electrons. The summed E-state index contributed by atoms with van der Waals surface area (Å²) in [5.41, 5.74) is 9.96. The fourth-order valence-electron chi connectivity index (χ4n) is 3.53. The molecule has 0 saturated carbocycles. The summed E-state index contributed by atoms with van der Waals surface area (Å²) >= 11 is 0. The smallest absolute Gasteiger partial charge is 0.293 e. The molecule has 8 heteroatoms. The Balaban J connectivity index is 1.63. The van der Waals surface area contributed by atoms with E-state index in [-0.39, 0.29) is 11.4 Å². The Hall–Kier alpha value is -3.65. The van der Waals surface area contributed by atoms with Gasteiger partial charge in [0.05, 0.1) is 24.2 Å². The molecule has 0 unspecified atom stereocenters. The molecule has 0 spiro atoms. The number of benzene rings is 2. The van der Waals surface area contributed by atoms with Crippen LogP contribution in [0.5, 0.6) is 0 Å². The first-order valence-corrected chi connectivity index (χ1v) is 9.74. The minimum atomic E-state index is -0.231. The summed E-state index contributed by atoms with van der Waals surface area (Å²) < 4.78 is 6.95. The summed E-state index contributed by atoms with van der Waals surface area (Å²) in [5, 5.41) is 10.6. The van der Waals surface area contributed by atoms with Gasteiger partial charge in [-0.2, -0.15) is 0 Å². The first-order valence-electron chi connectivity index (χ1n) is 9.74. The zero-order valence-corrected chi connectivity index (χ0v) is 16.8. The Kier molecular flexibility index (Phi) is 5.49. The lowest BCUT2D eigenvalue weighted by Crippen LogP contribution is -2.36. The number of hydrogen-bond acceptors (Lipinski definition) is 7. The van der Waals surface area contributed by atoms with Gasteiger partial charge in [-0.25, -0.2) is 4.98 Å². The van der Waals surface area contributed by atoms with Crippen molar-refractivity contribution in [2.24, 2.45) is 12.8 Å². The first kappa shape index (κ1) is 19.7. The molecule has 1 saturated heterocycles. The summed E-state index contributed by atoms with van der Waals surface area (Å²) in [5.74, 6) is 0.263. The molecule has 1 aromatic heterocycles. The van der Waals surface area contributed by atoms with E-state index in [9.17, 15) is 4.79 Å². The number of hydrogen-bond donors (Lipinski definition) is 3. The van der Waals surface area contributed by atoms with E-state index in [0.29, 0.717) is 16.6 Å². The van der Waals surface area contributed by atoms with Crippen molar-refractivity contribution in [2.45, 2.75) is 0 Å². The fraction of sp³-hybridized carbons (Fsp3) is 0.227. The summed E-state index contributed by atoms with van der Waals surface area (Å²) in [4.78, 5) is 19.6.